The third-order valence-electron chi connectivity index (χ3n) is 3.69. The van der Waals surface area contributed by atoms with Crippen molar-refractivity contribution >= 4 is 23.1 Å². The fraction of sp³-hybridized carbons (Fsp3) is 0.150. The fourth-order valence-corrected chi connectivity index (χ4v) is 2.37. The summed E-state index contributed by atoms with van der Waals surface area (Å²) in [5.41, 5.74) is 1.74. The molecule has 0 unspecified atom stereocenters. The van der Waals surface area contributed by atoms with Crippen molar-refractivity contribution in [2.24, 2.45) is 0 Å². The average molecular weight is 364 g/mol. The van der Waals surface area contributed by atoms with E-state index in [0.29, 0.717) is 18.1 Å². The van der Waals surface area contributed by atoms with Crippen molar-refractivity contribution in [3.63, 3.8) is 0 Å². The molecule has 27 heavy (non-hydrogen) atoms. The number of nitrogens with one attached hydrogen (secondary N) is 2. The Morgan fingerprint density at radius 2 is 1.63 bits per heavy atom. The number of nitrogens with zero attached hydrogens (tertiary/aromatic N) is 2. The first kappa shape index (κ1) is 18.2. The van der Waals surface area contributed by atoms with Gasteiger partial charge in [-0.05, 0) is 55.5 Å². The molecule has 0 radical (unpaired) electrons. The van der Waals surface area contributed by atoms with Gasteiger partial charge in [-0.3, -0.25) is 4.79 Å². The van der Waals surface area contributed by atoms with Crippen molar-refractivity contribution in [3.05, 3.63) is 66.6 Å². The maximum Gasteiger partial charge on any atom is 0.274 e. The van der Waals surface area contributed by atoms with Crippen LogP contribution in [-0.2, 0) is 0 Å². The first-order valence-electron chi connectivity index (χ1n) is 8.45. The Bertz CT molecular complexity index is 896. The van der Waals surface area contributed by atoms with Gasteiger partial charge < -0.3 is 20.1 Å². The predicted molar refractivity (Wildman–Crippen MR) is 104 cm³/mol. The van der Waals surface area contributed by atoms with Crippen LogP contribution in [0.4, 0.5) is 17.2 Å². The highest BCUT2D eigenvalue weighted by Gasteiger charge is 2.10. The molecular weight excluding hydrogens is 344 g/mol. The first-order chi connectivity index (χ1) is 13.2. The van der Waals surface area contributed by atoms with Crippen molar-refractivity contribution in [2.45, 2.75) is 6.92 Å². The summed E-state index contributed by atoms with van der Waals surface area (Å²) in [4.78, 5) is 20.6. The van der Waals surface area contributed by atoms with E-state index in [1.165, 1.54) is 6.33 Å². The summed E-state index contributed by atoms with van der Waals surface area (Å²) in [5.74, 6) is 1.72. The van der Waals surface area contributed by atoms with E-state index in [4.69, 9.17) is 9.47 Å². The summed E-state index contributed by atoms with van der Waals surface area (Å²) in [7, 11) is 1.61. The lowest BCUT2D eigenvalue weighted by Crippen LogP contribution is -2.14. The first-order valence-corrected chi connectivity index (χ1v) is 8.45. The molecule has 7 nitrogen and oxygen atoms in total. The van der Waals surface area contributed by atoms with Crippen LogP contribution in [0.15, 0.2) is 60.9 Å². The highest BCUT2D eigenvalue weighted by Crippen LogP contribution is 2.19. The van der Waals surface area contributed by atoms with E-state index in [-0.39, 0.29) is 11.6 Å². The number of aromatic nitrogens is 2. The SMILES string of the molecule is CCOc1ccc(NC(=O)c2cc(Nc3ccc(OC)cc3)ncn2)cc1. The molecule has 1 amide bonds. The van der Waals surface area contributed by atoms with Gasteiger partial charge in [-0.25, -0.2) is 9.97 Å². The number of hydrogen-bond acceptors (Lipinski definition) is 6. The molecule has 0 fully saturated rings. The van der Waals surface area contributed by atoms with Crippen molar-refractivity contribution < 1.29 is 14.3 Å². The predicted octanol–water partition coefficient (Wildman–Crippen LogP) is 3.88. The highest BCUT2D eigenvalue weighted by atomic mass is 16.5. The molecule has 0 aliphatic carbocycles. The van der Waals surface area contributed by atoms with Gasteiger partial charge in [0.2, 0.25) is 0 Å². The van der Waals surface area contributed by atoms with Crippen LogP contribution in [0.5, 0.6) is 11.5 Å². The summed E-state index contributed by atoms with van der Waals surface area (Å²) in [6.07, 6.45) is 1.35. The molecule has 1 heterocycles. The van der Waals surface area contributed by atoms with Gasteiger partial charge in [0.05, 0.1) is 13.7 Å². The Balaban J connectivity index is 1.67. The summed E-state index contributed by atoms with van der Waals surface area (Å²) in [5, 5.41) is 5.94. The molecule has 0 atom stereocenters. The monoisotopic (exact) mass is 364 g/mol. The third-order valence-corrected chi connectivity index (χ3v) is 3.69. The molecule has 0 saturated carbocycles. The van der Waals surface area contributed by atoms with Gasteiger partial charge in [0.15, 0.2) is 0 Å². The van der Waals surface area contributed by atoms with E-state index in [1.54, 1.807) is 37.4 Å². The van der Waals surface area contributed by atoms with E-state index in [0.717, 1.165) is 17.2 Å². The Morgan fingerprint density at radius 1 is 0.963 bits per heavy atom. The van der Waals surface area contributed by atoms with Crippen molar-refractivity contribution in [1.29, 1.82) is 0 Å². The van der Waals surface area contributed by atoms with E-state index < -0.39 is 0 Å². The lowest BCUT2D eigenvalue weighted by Gasteiger charge is -2.09. The van der Waals surface area contributed by atoms with Crippen LogP contribution in [0.3, 0.4) is 0 Å². The average Bonchev–Trinajstić information content (AvgIpc) is 2.70. The third kappa shape index (κ3) is 4.94. The number of amides is 1. The van der Waals surface area contributed by atoms with E-state index in [2.05, 4.69) is 20.6 Å². The molecule has 0 bridgehead atoms. The van der Waals surface area contributed by atoms with Gasteiger partial charge >= 0.3 is 0 Å². The van der Waals surface area contributed by atoms with Crippen LogP contribution in [0.25, 0.3) is 0 Å². The Kier molecular flexibility index (Phi) is 5.84. The number of methoxy groups -OCH3 is 1. The number of carbonyl (C=O) groups excluding carboxylic acids is 1. The summed E-state index contributed by atoms with van der Waals surface area (Å²) < 4.78 is 10.5. The Hall–Kier alpha value is -3.61. The van der Waals surface area contributed by atoms with Gasteiger partial charge in [-0.1, -0.05) is 0 Å². The summed E-state index contributed by atoms with van der Waals surface area (Å²) in [6, 6.07) is 16.1. The molecule has 7 heteroatoms. The zero-order valence-corrected chi connectivity index (χ0v) is 15.1. The molecule has 1 aromatic heterocycles. The molecular formula is C20H20N4O3. The Morgan fingerprint density at radius 3 is 2.30 bits per heavy atom. The number of hydrogen-bond donors (Lipinski definition) is 2. The molecule has 2 N–H and O–H groups in total. The van der Waals surface area contributed by atoms with Gasteiger partial charge in [0.25, 0.3) is 5.91 Å². The Labute approximate surface area is 157 Å². The number of rotatable bonds is 7. The molecule has 3 aromatic rings. The lowest BCUT2D eigenvalue weighted by atomic mass is 10.2. The number of anilines is 3. The second-order valence-electron chi connectivity index (χ2n) is 5.55. The highest BCUT2D eigenvalue weighted by molar-refractivity contribution is 6.03. The lowest BCUT2D eigenvalue weighted by molar-refractivity contribution is 0.102. The zero-order chi connectivity index (χ0) is 19.1. The minimum Gasteiger partial charge on any atom is -0.497 e. The molecule has 0 saturated heterocycles. The molecule has 3 rings (SSSR count). The van der Waals surface area contributed by atoms with Crippen LogP contribution in [0.1, 0.15) is 17.4 Å². The second-order valence-corrected chi connectivity index (χ2v) is 5.55. The number of carbonyl (C=O) groups is 1. The minimum absolute atomic E-state index is 0.259. The summed E-state index contributed by atoms with van der Waals surface area (Å²) in [6.45, 7) is 2.51. The zero-order valence-electron chi connectivity index (χ0n) is 15.1. The molecule has 138 valence electrons. The molecule has 0 aliphatic rings. The molecule has 0 aliphatic heterocycles. The quantitative estimate of drug-likeness (QED) is 0.662. The van der Waals surface area contributed by atoms with Crippen LogP contribution >= 0.6 is 0 Å². The fourth-order valence-electron chi connectivity index (χ4n) is 2.37. The van der Waals surface area contributed by atoms with Gasteiger partial charge in [0.1, 0.15) is 29.3 Å². The normalized spacial score (nSPS) is 10.1. The maximum atomic E-state index is 12.4. The van der Waals surface area contributed by atoms with E-state index >= 15 is 0 Å². The van der Waals surface area contributed by atoms with Crippen LogP contribution in [-0.4, -0.2) is 29.6 Å². The smallest absolute Gasteiger partial charge is 0.274 e. The maximum absolute atomic E-state index is 12.4. The number of ether oxygens (including phenoxy) is 2. The van der Waals surface area contributed by atoms with E-state index in [9.17, 15) is 4.79 Å². The second kappa shape index (κ2) is 8.66. The van der Waals surface area contributed by atoms with Crippen LogP contribution in [0, 0.1) is 0 Å². The largest absolute Gasteiger partial charge is 0.497 e. The van der Waals surface area contributed by atoms with E-state index in [1.807, 2.05) is 31.2 Å². The molecule has 0 spiro atoms. The minimum atomic E-state index is -0.320. The van der Waals surface area contributed by atoms with Gasteiger partial charge in [0, 0.05) is 17.4 Å². The topological polar surface area (TPSA) is 85.4 Å². The number of benzene rings is 2. The van der Waals surface area contributed by atoms with Crippen molar-refractivity contribution in [1.82, 2.24) is 9.97 Å². The standard InChI is InChI=1S/C20H20N4O3/c1-3-27-17-10-6-15(7-11-17)24-20(25)18-12-19(22-13-21-18)23-14-4-8-16(26-2)9-5-14/h4-13H,3H2,1-2H3,(H,24,25)(H,21,22,23). The van der Waals surface area contributed by atoms with Crippen LogP contribution < -0.4 is 20.1 Å². The van der Waals surface area contributed by atoms with Crippen molar-refractivity contribution in [2.75, 3.05) is 24.4 Å². The van der Waals surface area contributed by atoms with Crippen LogP contribution in [0.2, 0.25) is 0 Å². The van der Waals surface area contributed by atoms with Gasteiger partial charge in [-0.15, -0.1) is 0 Å². The van der Waals surface area contributed by atoms with Gasteiger partial charge in [-0.2, -0.15) is 0 Å². The van der Waals surface area contributed by atoms with Crippen molar-refractivity contribution in [3.8, 4) is 11.5 Å². The molecule has 2 aromatic carbocycles. The summed E-state index contributed by atoms with van der Waals surface area (Å²) >= 11 is 0.